The number of hydroxylamine groups is 2. The quantitative estimate of drug-likeness (QED) is 0.843. The predicted octanol–water partition coefficient (Wildman–Crippen LogP) is 2.24. The molecule has 1 saturated heterocycles. The van der Waals surface area contributed by atoms with Gasteiger partial charge in [-0.3, -0.25) is 9.63 Å². The lowest BCUT2D eigenvalue weighted by Crippen LogP contribution is -2.36. The first kappa shape index (κ1) is 12.9. The van der Waals surface area contributed by atoms with E-state index in [9.17, 15) is 4.79 Å². The average molecular weight is 272 g/mol. The summed E-state index contributed by atoms with van der Waals surface area (Å²) in [6.07, 6.45) is 2.09. The molecule has 0 atom stereocenters. The fraction of sp³-hybridized carbons (Fsp3) is 0.636. The molecule has 0 spiro atoms. The first-order valence-corrected chi connectivity index (χ1v) is 7.71. The highest BCUT2D eigenvalue weighted by atomic mass is 32.2. The molecule has 1 aliphatic heterocycles. The van der Waals surface area contributed by atoms with Crippen LogP contribution in [-0.4, -0.2) is 34.9 Å². The number of carbonyl (C=O) groups is 1. The van der Waals surface area contributed by atoms with Crippen LogP contribution >= 0.6 is 23.1 Å². The van der Waals surface area contributed by atoms with Gasteiger partial charge in [-0.05, 0) is 19.8 Å². The Hall–Kier alpha value is -0.590. The Morgan fingerprint density at radius 2 is 2.53 bits per heavy atom. The molecule has 0 bridgehead atoms. The number of carbonyl (C=O) groups excluding carboxylic acids is 1. The molecule has 4 nitrogen and oxygen atoms in total. The minimum Gasteiger partial charge on any atom is -0.272 e. The highest BCUT2D eigenvalue weighted by molar-refractivity contribution is 7.99. The van der Waals surface area contributed by atoms with E-state index in [2.05, 4.69) is 4.98 Å². The van der Waals surface area contributed by atoms with Gasteiger partial charge in [-0.1, -0.05) is 0 Å². The second kappa shape index (κ2) is 6.37. The Bertz CT molecular complexity index is 375. The summed E-state index contributed by atoms with van der Waals surface area (Å²) in [5.74, 6) is 1.34. The van der Waals surface area contributed by atoms with Crippen LogP contribution in [0.1, 0.15) is 23.5 Å². The maximum Gasteiger partial charge on any atom is 0.256 e. The molecule has 0 aromatic carbocycles. The summed E-state index contributed by atoms with van der Waals surface area (Å²) < 4.78 is 0. The number of nitrogens with zero attached hydrogens (tertiary/aromatic N) is 2. The van der Waals surface area contributed by atoms with E-state index < -0.39 is 0 Å². The van der Waals surface area contributed by atoms with Crippen molar-refractivity contribution < 1.29 is 9.63 Å². The number of thiazole rings is 1. The number of aromatic nitrogens is 1. The number of aryl methyl sites for hydroxylation is 1. The zero-order chi connectivity index (χ0) is 12.1. The molecular weight excluding hydrogens is 256 g/mol. The molecule has 0 N–H and O–H groups in total. The molecule has 0 radical (unpaired) electrons. The van der Waals surface area contributed by atoms with Crippen molar-refractivity contribution in [3.63, 3.8) is 0 Å². The first-order valence-electron chi connectivity index (χ1n) is 5.68. The van der Waals surface area contributed by atoms with Gasteiger partial charge in [0.25, 0.3) is 5.91 Å². The third-order valence-corrected chi connectivity index (χ3v) is 4.20. The summed E-state index contributed by atoms with van der Waals surface area (Å²) in [7, 11) is 0. The number of rotatable bonds is 4. The zero-order valence-electron chi connectivity index (χ0n) is 9.85. The van der Waals surface area contributed by atoms with E-state index in [0.29, 0.717) is 12.4 Å². The third kappa shape index (κ3) is 3.97. The molecule has 94 valence electrons. The van der Waals surface area contributed by atoms with Crippen LogP contribution in [0, 0.1) is 6.92 Å². The van der Waals surface area contributed by atoms with E-state index in [4.69, 9.17) is 4.84 Å². The van der Waals surface area contributed by atoms with Gasteiger partial charge in [0.1, 0.15) is 0 Å². The monoisotopic (exact) mass is 272 g/mol. The molecule has 1 fully saturated rings. The summed E-state index contributed by atoms with van der Waals surface area (Å²) in [6.45, 7) is 3.39. The molecule has 0 aliphatic carbocycles. The average Bonchev–Trinajstić information content (AvgIpc) is 2.76. The Labute approximate surface area is 109 Å². The van der Waals surface area contributed by atoms with E-state index in [1.807, 2.05) is 12.3 Å². The molecule has 6 heteroatoms. The largest absolute Gasteiger partial charge is 0.272 e. The van der Waals surface area contributed by atoms with Crippen LogP contribution in [-0.2, 0) is 15.4 Å². The van der Waals surface area contributed by atoms with Crippen molar-refractivity contribution in [3.8, 4) is 0 Å². The lowest BCUT2D eigenvalue weighted by molar-refractivity contribution is -0.194. The molecule has 1 aromatic heterocycles. The van der Waals surface area contributed by atoms with Crippen LogP contribution in [0.4, 0.5) is 0 Å². The molecule has 1 amide bonds. The lowest BCUT2D eigenvalue weighted by Gasteiger charge is -2.25. The Balaban J connectivity index is 1.69. The standard InChI is InChI=1S/C11H16N2O2S2/c1-9-12-10(7-17-9)6-16-8-11(14)13-4-2-3-5-15-13/h7H,2-6,8H2,1H3. The van der Waals surface area contributed by atoms with Crippen molar-refractivity contribution in [1.82, 2.24) is 10.0 Å². The van der Waals surface area contributed by atoms with Crippen LogP contribution in [0.5, 0.6) is 0 Å². The van der Waals surface area contributed by atoms with Crippen molar-refractivity contribution in [2.24, 2.45) is 0 Å². The van der Waals surface area contributed by atoms with Gasteiger partial charge in [-0.15, -0.1) is 23.1 Å². The highest BCUT2D eigenvalue weighted by Crippen LogP contribution is 2.16. The zero-order valence-corrected chi connectivity index (χ0v) is 11.5. The summed E-state index contributed by atoms with van der Waals surface area (Å²) in [5, 5.41) is 4.62. The fourth-order valence-corrected chi connectivity index (χ4v) is 3.08. The first-order chi connectivity index (χ1) is 8.25. The van der Waals surface area contributed by atoms with Crippen molar-refractivity contribution in [3.05, 3.63) is 16.1 Å². The topological polar surface area (TPSA) is 42.4 Å². The molecule has 0 saturated carbocycles. The molecule has 2 rings (SSSR count). The summed E-state index contributed by atoms with van der Waals surface area (Å²) in [5.41, 5.74) is 1.06. The van der Waals surface area contributed by atoms with Crippen molar-refractivity contribution >= 4 is 29.0 Å². The van der Waals surface area contributed by atoms with Gasteiger partial charge >= 0.3 is 0 Å². The lowest BCUT2D eigenvalue weighted by atomic mass is 10.3. The van der Waals surface area contributed by atoms with Crippen LogP contribution in [0.15, 0.2) is 5.38 Å². The maximum absolute atomic E-state index is 11.8. The normalized spacial score (nSPS) is 16.2. The van der Waals surface area contributed by atoms with Crippen LogP contribution in [0.3, 0.4) is 0 Å². The van der Waals surface area contributed by atoms with Gasteiger partial charge in [0.15, 0.2) is 0 Å². The number of hydrogen-bond donors (Lipinski definition) is 0. The van der Waals surface area contributed by atoms with Crippen LogP contribution < -0.4 is 0 Å². The van der Waals surface area contributed by atoms with Crippen molar-refractivity contribution in [1.29, 1.82) is 0 Å². The summed E-state index contributed by atoms with van der Waals surface area (Å²) in [4.78, 5) is 21.4. The smallest absolute Gasteiger partial charge is 0.256 e. The molecule has 1 aromatic rings. The number of amides is 1. The minimum atomic E-state index is 0.0710. The number of thioether (sulfide) groups is 1. The third-order valence-electron chi connectivity index (χ3n) is 2.42. The van der Waals surface area contributed by atoms with Crippen molar-refractivity contribution in [2.45, 2.75) is 25.5 Å². The summed E-state index contributed by atoms with van der Waals surface area (Å²) in [6, 6.07) is 0. The Morgan fingerprint density at radius 3 is 3.18 bits per heavy atom. The summed E-state index contributed by atoms with van der Waals surface area (Å²) >= 11 is 3.24. The van der Waals surface area contributed by atoms with Crippen LogP contribution in [0.2, 0.25) is 0 Å². The van der Waals surface area contributed by atoms with Gasteiger partial charge in [0.05, 0.1) is 23.1 Å². The number of hydrogen-bond acceptors (Lipinski definition) is 5. The fourth-order valence-electron chi connectivity index (χ4n) is 1.58. The van der Waals surface area contributed by atoms with Crippen LogP contribution in [0.25, 0.3) is 0 Å². The SMILES string of the molecule is Cc1nc(CSCC(=O)N2CCCCO2)cs1. The molecule has 17 heavy (non-hydrogen) atoms. The molecule has 0 unspecified atom stereocenters. The molecular formula is C11H16N2O2S2. The predicted molar refractivity (Wildman–Crippen MR) is 69.9 cm³/mol. The van der Waals surface area contributed by atoms with E-state index in [1.54, 1.807) is 23.1 Å². The Morgan fingerprint density at radius 1 is 1.65 bits per heavy atom. The van der Waals surface area contributed by atoms with E-state index in [-0.39, 0.29) is 5.91 Å². The van der Waals surface area contributed by atoms with E-state index in [0.717, 1.165) is 35.8 Å². The minimum absolute atomic E-state index is 0.0710. The van der Waals surface area contributed by atoms with Gasteiger partial charge < -0.3 is 0 Å². The Kier molecular flexibility index (Phi) is 4.82. The van der Waals surface area contributed by atoms with E-state index in [1.165, 1.54) is 5.06 Å². The maximum atomic E-state index is 11.8. The van der Waals surface area contributed by atoms with Gasteiger partial charge in [-0.25, -0.2) is 10.0 Å². The van der Waals surface area contributed by atoms with E-state index >= 15 is 0 Å². The molecule has 2 heterocycles. The van der Waals surface area contributed by atoms with Gasteiger partial charge in [0.2, 0.25) is 0 Å². The van der Waals surface area contributed by atoms with Crippen molar-refractivity contribution in [2.75, 3.05) is 18.9 Å². The highest BCUT2D eigenvalue weighted by Gasteiger charge is 2.17. The van der Waals surface area contributed by atoms with Gasteiger partial charge in [0, 0.05) is 17.7 Å². The van der Waals surface area contributed by atoms with Gasteiger partial charge in [-0.2, -0.15) is 0 Å². The second-order valence-corrected chi connectivity index (χ2v) is 5.93. The molecule has 1 aliphatic rings. The second-order valence-electron chi connectivity index (χ2n) is 3.89.